The number of carbonyl (C=O) groups is 1. The normalized spacial score (nSPS) is 23.2. The van der Waals surface area contributed by atoms with E-state index in [1.807, 2.05) is 5.38 Å². The van der Waals surface area contributed by atoms with Crippen LogP contribution in [-0.4, -0.2) is 29.5 Å². The van der Waals surface area contributed by atoms with Gasteiger partial charge in [0.25, 0.3) is 0 Å². The van der Waals surface area contributed by atoms with Gasteiger partial charge in [0.1, 0.15) is 0 Å². The van der Waals surface area contributed by atoms with Crippen LogP contribution in [0.4, 0.5) is 0 Å². The summed E-state index contributed by atoms with van der Waals surface area (Å²) in [6, 6.07) is 0. The van der Waals surface area contributed by atoms with Crippen molar-refractivity contribution < 1.29 is 4.79 Å². The minimum atomic E-state index is -0.308. The number of carbonyl (C=O) groups excluding carboxylic acids is 1. The monoisotopic (exact) mass is 267 g/mol. The third-order valence-electron chi connectivity index (χ3n) is 3.46. The van der Waals surface area contributed by atoms with E-state index in [1.165, 1.54) is 0 Å². The number of amides is 1. The van der Waals surface area contributed by atoms with Gasteiger partial charge in [-0.05, 0) is 25.8 Å². The molecule has 1 aromatic rings. The summed E-state index contributed by atoms with van der Waals surface area (Å²) in [7, 11) is 0. The van der Waals surface area contributed by atoms with Crippen molar-refractivity contribution in [2.24, 2.45) is 0 Å². The third-order valence-corrected chi connectivity index (χ3v) is 4.30. The number of thiazole rings is 1. The lowest BCUT2D eigenvalue weighted by Gasteiger charge is -2.27. The highest BCUT2D eigenvalue weighted by molar-refractivity contribution is 7.09. The Morgan fingerprint density at radius 1 is 1.67 bits per heavy atom. The molecule has 2 heterocycles. The Balaban J connectivity index is 1.82. The Morgan fingerprint density at radius 3 is 3.17 bits per heavy atom. The summed E-state index contributed by atoms with van der Waals surface area (Å²) in [5, 5.41) is 9.49. The Morgan fingerprint density at radius 2 is 2.56 bits per heavy atom. The zero-order chi connectivity index (χ0) is 12.8. The van der Waals surface area contributed by atoms with Crippen LogP contribution in [0.25, 0.3) is 0 Å². The molecule has 2 rings (SSSR count). The first-order valence-electron chi connectivity index (χ1n) is 6.68. The van der Waals surface area contributed by atoms with E-state index < -0.39 is 0 Å². The zero-order valence-corrected chi connectivity index (χ0v) is 11.7. The fraction of sp³-hybridized carbons (Fsp3) is 0.692. The number of nitrogens with zero attached hydrogens (tertiary/aromatic N) is 1. The van der Waals surface area contributed by atoms with E-state index in [0.717, 1.165) is 43.7 Å². The summed E-state index contributed by atoms with van der Waals surface area (Å²) < 4.78 is 0. The summed E-state index contributed by atoms with van der Waals surface area (Å²) >= 11 is 1.64. The lowest BCUT2D eigenvalue weighted by molar-refractivity contribution is -0.127. The van der Waals surface area contributed by atoms with Gasteiger partial charge in [-0.15, -0.1) is 11.3 Å². The maximum absolute atomic E-state index is 12.3. The molecule has 1 fully saturated rings. The van der Waals surface area contributed by atoms with Gasteiger partial charge >= 0.3 is 0 Å². The molecule has 1 aliphatic heterocycles. The predicted molar refractivity (Wildman–Crippen MR) is 73.7 cm³/mol. The second-order valence-corrected chi connectivity index (χ2v) is 5.77. The van der Waals surface area contributed by atoms with Crippen LogP contribution in [0, 0.1) is 0 Å². The Labute approximate surface area is 112 Å². The SMILES string of the molecule is CCCC1(C(=O)NCCc2nccs2)CCCN1. The quantitative estimate of drug-likeness (QED) is 0.825. The number of hydrogen-bond donors (Lipinski definition) is 2. The van der Waals surface area contributed by atoms with Gasteiger partial charge in [-0.2, -0.15) is 0 Å². The molecule has 2 N–H and O–H groups in total. The zero-order valence-electron chi connectivity index (χ0n) is 10.9. The van der Waals surface area contributed by atoms with E-state index in [2.05, 4.69) is 22.5 Å². The van der Waals surface area contributed by atoms with Crippen LogP contribution < -0.4 is 10.6 Å². The predicted octanol–water partition coefficient (Wildman–Crippen LogP) is 1.72. The van der Waals surface area contributed by atoms with Gasteiger partial charge in [0.05, 0.1) is 10.5 Å². The fourth-order valence-electron chi connectivity index (χ4n) is 2.58. The first-order valence-corrected chi connectivity index (χ1v) is 7.56. The topological polar surface area (TPSA) is 54.0 Å². The van der Waals surface area contributed by atoms with Gasteiger partial charge in [-0.1, -0.05) is 13.3 Å². The fourth-order valence-corrected chi connectivity index (χ4v) is 3.20. The molecule has 0 radical (unpaired) electrons. The van der Waals surface area contributed by atoms with Gasteiger partial charge in [-0.3, -0.25) is 4.79 Å². The van der Waals surface area contributed by atoms with Gasteiger partial charge in [0.15, 0.2) is 0 Å². The van der Waals surface area contributed by atoms with Crippen molar-refractivity contribution in [3.8, 4) is 0 Å². The molecule has 4 nitrogen and oxygen atoms in total. The van der Waals surface area contributed by atoms with Gasteiger partial charge in [-0.25, -0.2) is 4.98 Å². The number of nitrogens with one attached hydrogen (secondary N) is 2. The van der Waals surface area contributed by atoms with Crippen LogP contribution in [0.2, 0.25) is 0 Å². The average molecular weight is 267 g/mol. The Bertz CT molecular complexity index is 372. The molecule has 0 bridgehead atoms. The number of aromatic nitrogens is 1. The van der Waals surface area contributed by atoms with E-state index in [0.29, 0.717) is 6.54 Å². The van der Waals surface area contributed by atoms with E-state index >= 15 is 0 Å². The second-order valence-electron chi connectivity index (χ2n) is 4.79. The largest absolute Gasteiger partial charge is 0.354 e. The highest BCUT2D eigenvalue weighted by atomic mass is 32.1. The standard InChI is InChI=1S/C13H21N3OS/c1-2-5-13(6-3-7-16-13)12(17)15-8-4-11-14-9-10-18-11/h9-10,16H,2-8H2,1H3,(H,15,17). The molecule has 1 aromatic heterocycles. The van der Waals surface area contributed by atoms with E-state index in [9.17, 15) is 4.79 Å². The molecule has 18 heavy (non-hydrogen) atoms. The van der Waals surface area contributed by atoms with Crippen molar-refractivity contribution in [2.45, 2.75) is 44.6 Å². The van der Waals surface area contributed by atoms with Crippen molar-refractivity contribution in [3.63, 3.8) is 0 Å². The maximum Gasteiger partial charge on any atom is 0.240 e. The van der Waals surface area contributed by atoms with E-state index in [1.54, 1.807) is 17.5 Å². The molecule has 0 saturated carbocycles. The summed E-state index contributed by atoms with van der Waals surface area (Å²) in [4.78, 5) is 16.5. The molecule has 1 atom stereocenters. The smallest absolute Gasteiger partial charge is 0.240 e. The van der Waals surface area contributed by atoms with Crippen molar-refractivity contribution >= 4 is 17.2 Å². The molecular weight excluding hydrogens is 246 g/mol. The van der Waals surface area contributed by atoms with Gasteiger partial charge in [0.2, 0.25) is 5.91 Å². The molecule has 1 aliphatic rings. The van der Waals surface area contributed by atoms with E-state index in [4.69, 9.17) is 0 Å². The summed E-state index contributed by atoms with van der Waals surface area (Å²) in [6.07, 6.45) is 6.65. The minimum absolute atomic E-state index is 0.165. The van der Waals surface area contributed by atoms with Gasteiger partial charge < -0.3 is 10.6 Å². The second kappa shape index (κ2) is 6.29. The number of rotatable bonds is 6. The third kappa shape index (κ3) is 3.09. The lowest BCUT2D eigenvalue weighted by atomic mass is 9.91. The molecule has 0 aromatic carbocycles. The summed E-state index contributed by atoms with van der Waals surface area (Å²) in [5.74, 6) is 0.165. The molecule has 1 amide bonds. The molecule has 1 saturated heterocycles. The van der Waals surface area contributed by atoms with Crippen LogP contribution >= 0.6 is 11.3 Å². The van der Waals surface area contributed by atoms with Crippen LogP contribution in [0.3, 0.4) is 0 Å². The molecule has 0 spiro atoms. The average Bonchev–Trinajstić information content (AvgIpc) is 3.01. The van der Waals surface area contributed by atoms with Crippen molar-refractivity contribution in [3.05, 3.63) is 16.6 Å². The first-order chi connectivity index (χ1) is 8.77. The molecule has 1 unspecified atom stereocenters. The van der Waals surface area contributed by atoms with Crippen molar-refractivity contribution in [1.82, 2.24) is 15.6 Å². The lowest BCUT2D eigenvalue weighted by Crippen LogP contribution is -2.53. The number of hydrogen-bond acceptors (Lipinski definition) is 4. The molecule has 0 aliphatic carbocycles. The molecule has 5 heteroatoms. The van der Waals surface area contributed by atoms with Crippen molar-refractivity contribution in [1.29, 1.82) is 0 Å². The summed E-state index contributed by atoms with van der Waals surface area (Å²) in [6.45, 7) is 3.77. The Hall–Kier alpha value is -0.940. The van der Waals surface area contributed by atoms with Crippen molar-refractivity contribution in [2.75, 3.05) is 13.1 Å². The van der Waals surface area contributed by atoms with Gasteiger partial charge in [0, 0.05) is 24.5 Å². The van der Waals surface area contributed by atoms with Crippen LogP contribution in [-0.2, 0) is 11.2 Å². The van der Waals surface area contributed by atoms with E-state index in [-0.39, 0.29) is 11.4 Å². The Kier molecular flexibility index (Phi) is 4.72. The van der Waals surface area contributed by atoms with Crippen LogP contribution in [0.1, 0.15) is 37.6 Å². The molecule has 100 valence electrons. The minimum Gasteiger partial charge on any atom is -0.354 e. The molecular formula is C13H21N3OS. The van der Waals surface area contributed by atoms with Crippen LogP contribution in [0.15, 0.2) is 11.6 Å². The highest BCUT2D eigenvalue weighted by Gasteiger charge is 2.39. The first kappa shape index (κ1) is 13.5. The highest BCUT2D eigenvalue weighted by Crippen LogP contribution is 2.24. The maximum atomic E-state index is 12.3. The summed E-state index contributed by atoms with van der Waals surface area (Å²) in [5.41, 5.74) is -0.308. The van der Waals surface area contributed by atoms with Crippen LogP contribution in [0.5, 0.6) is 0 Å².